The lowest BCUT2D eigenvalue weighted by Crippen LogP contribution is -2.54. The second-order valence-electron chi connectivity index (χ2n) is 6.01. The molecule has 1 aromatic carbocycles. The highest BCUT2D eigenvalue weighted by atomic mass is 16.2. The van der Waals surface area contributed by atoms with Crippen molar-refractivity contribution in [3.05, 3.63) is 35.9 Å². The molecular formula is C18H25N3O4. The zero-order valence-electron chi connectivity index (χ0n) is 15.0. The van der Waals surface area contributed by atoms with Gasteiger partial charge in [0.15, 0.2) is 5.78 Å². The molecule has 1 aromatic rings. The van der Waals surface area contributed by atoms with Crippen LogP contribution in [-0.2, 0) is 25.6 Å². The van der Waals surface area contributed by atoms with Gasteiger partial charge in [0.05, 0.1) is 6.04 Å². The van der Waals surface area contributed by atoms with Gasteiger partial charge in [-0.3, -0.25) is 19.2 Å². The lowest BCUT2D eigenvalue weighted by Gasteiger charge is -2.21. The second-order valence-corrected chi connectivity index (χ2v) is 6.01. The van der Waals surface area contributed by atoms with Crippen LogP contribution in [0.4, 0.5) is 0 Å². The van der Waals surface area contributed by atoms with Gasteiger partial charge < -0.3 is 16.0 Å². The topological polar surface area (TPSA) is 104 Å². The Bertz CT molecular complexity index is 630. The van der Waals surface area contributed by atoms with Gasteiger partial charge in [-0.05, 0) is 32.8 Å². The van der Waals surface area contributed by atoms with Gasteiger partial charge in [-0.15, -0.1) is 0 Å². The van der Waals surface area contributed by atoms with E-state index < -0.39 is 29.9 Å². The Morgan fingerprint density at radius 2 is 1.36 bits per heavy atom. The largest absolute Gasteiger partial charge is 0.345 e. The first-order valence-corrected chi connectivity index (χ1v) is 8.13. The van der Waals surface area contributed by atoms with E-state index in [9.17, 15) is 19.2 Å². The minimum atomic E-state index is -0.832. The summed E-state index contributed by atoms with van der Waals surface area (Å²) in [5.41, 5.74) is 0.930. The minimum Gasteiger partial charge on any atom is -0.345 e. The van der Waals surface area contributed by atoms with Crippen LogP contribution in [0.3, 0.4) is 0 Å². The molecule has 7 nitrogen and oxygen atoms in total. The standard InChI is InChI=1S/C18H25N3O4/c1-11(19-14(4)23)17(24)20-12(2)18(25)21-16(13(3)22)10-15-8-6-5-7-9-15/h5-9,11-12,16H,10H2,1-4H3,(H,19,23)(H,20,24)(H,21,25). The molecule has 0 aliphatic rings. The van der Waals surface area contributed by atoms with E-state index in [1.54, 1.807) is 0 Å². The van der Waals surface area contributed by atoms with Gasteiger partial charge in [-0.2, -0.15) is 0 Å². The third-order valence-electron chi connectivity index (χ3n) is 3.65. The summed E-state index contributed by atoms with van der Waals surface area (Å²) < 4.78 is 0. The van der Waals surface area contributed by atoms with Gasteiger partial charge in [-0.25, -0.2) is 0 Å². The SMILES string of the molecule is CC(=O)NC(C)C(=O)NC(C)C(=O)NC(Cc1ccccc1)C(C)=O. The molecule has 0 spiro atoms. The maximum atomic E-state index is 12.3. The van der Waals surface area contributed by atoms with E-state index in [1.165, 1.54) is 27.7 Å². The van der Waals surface area contributed by atoms with Gasteiger partial charge in [0.25, 0.3) is 0 Å². The van der Waals surface area contributed by atoms with Gasteiger partial charge >= 0.3 is 0 Å². The Balaban J connectivity index is 2.62. The third-order valence-corrected chi connectivity index (χ3v) is 3.65. The molecule has 3 amide bonds. The zero-order chi connectivity index (χ0) is 19.0. The van der Waals surface area contributed by atoms with Crippen LogP contribution in [0.5, 0.6) is 0 Å². The van der Waals surface area contributed by atoms with Crippen molar-refractivity contribution in [2.75, 3.05) is 0 Å². The van der Waals surface area contributed by atoms with E-state index in [0.717, 1.165) is 5.56 Å². The van der Waals surface area contributed by atoms with Crippen molar-refractivity contribution in [1.29, 1.82) is 0 Å². The molecule has 1 rings (SSSR count). The molecule has 0 aromatic heterocycles. The van der Waals surface area contributed by atoms with E-state index in [1.807, 2.05) is 30.3 Å². The first kappa shape index (κ1) is 20.3. The van der Waals surface area contributed by atoms with Crippen LogP contribution in [0.15, 0.2) is 30.3 Å². The molecule has 0 aliphatic heterocycles. The fourth-order valence-electron chi connectivity index (χ4n) is 2.22. The predicted octanol–water partition coefficient (Wildman–Crippen LogP) is 0.332. The predicted molar refractivity (Wildman–Crippen MR) is 93.6 cm³/mol. The van der Waals surface area contributed by atoms with Gasteiger partial charge in [-0.1, -0.05) is 30.3 Å². The average Bonchev–Trinajstić information content (AvgIpc) is 2.54. The summed E-state index contributed by atoms with van der Waals surface area (Å²) in [6.07, 6.45) is 0.380. The third kappa shape index (κ3) is 7.15. The number of amides is 3. The first-order valence-electron chi connectivity index (χ1n) is 8.13. The quantitative estimate of drug-likeness (QED) is 0.630. The van der Waals surface area contributed by atoms with Crippen molar-refractivity contribution in [2.45, 2.75) is 52.2 Å². The monoisotopic (exact) mass is 347 g/mol. The molecule has 0 saturated heterocycles. The second kappa shape index (κ2) is 9.56. The Kier molecular flexibility index (Phi) is 7.78. The van der Waals surface area contributed by atoms with Crippen molar-refractivity contribution in [3.63, 3.8) is 0 Å². The molecule has 3 atom stereocenters. The number of carbonyl (C=O) groups is 4. The molecule has 3 N–H and O–H groups in total. The highest BCUT2D eigenvalue weighted by Gasteiger charge is 2.24. The number of ketones is 1. The zero-order valence-corrected chi connectivity index (χ0v) is 15.0. The highest BCUT2D eigenvalue weighted by molar-refractivity contribution is 5.93. The first-order chi connectivity index (χ1) is 11.7. The molecule has 3 unspecified atom stereocenters. The number of hydrogen-bond acceptors (Lipinski definition) is 4. The average molecular weight is 347 g/mol. The number of nitrogens with one attached hydrogen (secondary N) is 3. The molecule has 0 saturated carbocycles. The summed E-state index contributed by atoms with van der Waals surface area (Å²) in [5, 5.41) is 7.62. The van der Waals surface area contributed by atoms with Crippen LogP contribution < -0.4 is 16.0 Å². The summed E-state index contributed by atoms with van der Waals surface area (Å²) in [6.45, 7) is 5.76. The number of rotatable bonds is 8. The lowest BCUT2D eigenvalue weighted by atomic mass is 10.0. The fraction of sp³-hybridized carbons (Fsp3) is 0.444. The van der Waals surface area contributed by atoms with E-state index in [4.69, 9.17) is 0 Å². The Morgan fingerprint density at radius 3 is 1.88 bits per heavy atom. The van der Waals surface area contributed by atoms with E-state index in [-0.39, 0.29) is 11.7 Å². The van der Waals surface area contributed by atoms with E-state index in [0.29, 0.717) is 6.42 Å². The molecule has 0 fully saturated rings. The Morgan fingerprint density at radius 1 is 0.840 bits per heavy atom. The molecule has 7 heteroatoms. The van der Waals surface area contributed by atoms with Crippen molar-refractivity contribution >= 4 is 23.5 Å². The highest BCUT2D eigenvalue weighted by Crippen LogP contribution is 2.04. The summed E-state index contributed by atoms with van der Waals surface area (Å²) in [7, 11) is 0. The van der Waals surface area contributed by atoms with Crippen molar-refractivity contribution in [2.24, 2.45) is 0 Å². The normalized spacial score (nSPS) is 13.9. The Labute approximate surface area is 147 Å². The van der Waals surface area contributed by atoms with Crippen LogP contribution in [0, 0.1) is 0 Å². The van der Waals surface area contributed by atoms with Crippen molar-refractivity contribution < 1.29 is 19.2 Å². The molecule has 136 valence electrons. The lowest BCUT2D eigenvalue weighted by molar-refractivity contribution is -0.132. The van der Waals surface area contributed by atoms with Crippen molar-refractivity contribution in [1.82, 2.24) is 16.0 Å². The van der Waals surface area contributed by atoms with Gasteiger partial charge in [0, 0.05) is 6.92 Å². The number of carbonyl (C=O) groups excluding carboxylic acids is 4. The summed E-state index contributed by atoms with van der Waals surface area (Å²) in [5.74, 6) is -1.43. The van der Waals surface area contributed by atoms with Gasteiger partial charge in [0.1, 0.15) is 12.1 Å². The van der Waals surface area contributed by atoms with Crippen molar-refractivity contribution in [3.8, 4) is 0 Å². The molecular weight excluding hydrogens is 322 g/mol. The summed E-state index contributed by atoms with van der Waals surface area (Å²) in [6, 6.07) is 7.11. The molecule has 0 bridgehead atoms. The fourth-order valence-corrected chi connectivity index (χ4v) is 2.22. The van der Waals surface area contributed by atoms with Gasteiger partial charge in [0.2, 0.25) is 17.7 Å². The molecule has 0 heterocycles. The van der Waals surface area contributed by atoms with Crippen LogP contribution in [0.2, 0.25) is 0 Å². The molecule has 0 aliphatic carbocycles. The van der Waals surface area contributed by atoms with Crippen LogP contribution in [0.25, 0.3) is 0 Å². The molecule has 25 heavy (non-hydrogen) atoms. The smallest absolute Gasteiger partial charge is 0.242 e. The minimum absolute atomic E-state index is 0.164. The maximum Gasteiger partial charge on any atom is 0.242 e. The van der Waals surface area contributed by atoms with Crippen LogP contribution >= 0.6 is 0 Å². The number of benzene rings is 1. The Hall–Kier alpha value is -2.70. The summed E-state index contributed by atoms with van der Waals surface area (Å²) in [4.78, 5) is 47.0. The summed E-state index contributed by atoms with van der Waals surface area (Å²) >= 11 is 0. The number of hydrogen-bond donors (Lipinski definition) is 3. The van der Waals surface area contributed by atoms with E-state index in [2.05, 4.69) is 16.0 Å². The van der Waals surface area contributed by atoms with Crippen LogP contribution in [0.1, 0.15) is 33.3 Å². The molecule has 0 radical (unpaired) electrons. The van der Waals surface area contributed by atoms with Crippen LogP contribution in [-0.4, -0.2) is 41.6 Å². The number of Topliss-reactive ketones (excluding diaryl/α,β-unsaturated/α-hetero) is 1. The van der Waals surface area contributed by atoms with E-state index >= 15 is 0 Å². The maximum absolute atomic E-state index is 12.3.